The number of rotatable bonds is 5. The molecule has 0 aromatic heterocycles. The molecule has 0 aromatic rings. The predicted octanol–water partition coefficient (Wildman–Crippen LogP) is 1.45. The summed E-state index contributed by atoms with van der Waals surface area (Å²) in [5.41, 5.74) is 5.43. The molecule has 1 saturated heterocycles. The standard InChI is InChI=1S/C11H22N2O2/c1-9(2)6-10-7-13(5-3-4-12)11(14)15-8-10/h9-10H,3-8,12H2,1-2H3. The first-order valence-electron chi connectivity index (χ1n) is 5.75. The minimum Gasteiger partial charge on any atom is -0.449 e. The van der Waals surface area contributed by atoms with Crippen LogP contribution in [0.25, 0.3) is 0 Å². The number of ether oxygens (including phenoxy) is 1. The molecule has 1 unspecified atom stereocenters. The third-order valence-electron chi connectivity index (χ3n) is 2.62. The Morgan fingerprint density at radius 2 is 2.33 bits per heavy atom. The lowest BCUT2D eigenvalue weighted by Crippen LogP contribution is -2.44. The average molecular weight is 214 g/mol. The minimum absolute atomic E-state index is 0.177. The van der Waals surface area contributed by atoms with Crippen molar-refractivity contribution in [3.05, 3.63) is 0 Å². The molecule has 0 radical (unpaired) electrons. The summed E-state index contributed by atoms with van der Waals surface area (Å²) in [5.74, 6) is 1.14. The predicted molar refractivity (Wildman–Crippen MR) is 59.5 cm³/mol. The summed E-state index contributed by atoms with van der Waals surface area (Å²) in [7, 11) is 0. The first-order chi connectivity index (χ1) is 7.13. The fourth-order valence-electron chi connectivity index (χ4n) is 1.99. The Morgan fingerprint density at radius 3 is 2.93 bits per heavy atom. The molecule has 1 atom stereocenters. The summed E-state index contributed by atoms with van der Waals surface area (Å²) >= 11 is 0. The van der Waals surface area contributed by atoms with E-state index in [2.05, 4.69) is 13.8 Å². The van der Waals surface area contributed by atoms with Crippen molar-refractivity contribution in [3.8, 4) is 0 Å². The van der Waals surface area contributed by atoms with E-state index >= 15 is 0 Å². The Bertz CT molecular complexity index is 207. The quantitative estimate of drug-likeness (QED) is 0.753. The third-order valence-corrected chi connectivity index (χ3v) is 2.62. The summed E-state index contributed by atoms with van der Waals surface area (Å²) in [6.07, 6.45) is 1.79. The monoisotopic (exact) mass is 214 g/mol. The van der Waals surface area contributed by atoms with E-state index in [4.69, 9.17) is 10.5 Å². The Morgan fingerprint density at radius 1 is 1.60 bits per heavy atom. The third kappa shape index (κ3) is 4.08. The summed E-state index contributed by atoms with van der Waals surface area (Å²) in [6.45, 7) is 7.15. The Balaban J connectivity index is 2.37. The molecule has 4 nitrogen and oxygen atoms in total. The van der Waals surface area contributed by atoms with Crippen LogP contribution in [0.4, 0.5) is 4.79 Å². The van der Waals surface area contributed by atoms with E-state index in [0.29, 0.717) is 25.0 Å². The van der Waals surface area contributed by atoms with Crippen molar-refractivity contribution in [1.82, 2.24) is 4.90 Å². The molecule has 1 aliphatic rings. The molecule has 0 aliphatic carbocycles. The zero-order valence-electron chi connectivity index (χ0n) is 9.74. The van der Waals surface area contributed by atoms with Crippen LogP contribution in [0, 0.1) is 11.8 Å². The highest BCUT2D eigenvalue weighted by Crippen LogP contribution is 2.18. The van der Waals surface area contributed by atoms with Crippen LogP contribution in [0.1, 0.15) is 26.7 Å². The molecule has 0 aromatic carbocycles. The van der Waals surface area contributed by atoms with Gasteiger partial charge in [0.05, 0.1) is 6.61 Å². The smallest absolute Gasteiger partial charge is 0.409 e. The maximum atomic E-state index is 11.4. The van der Waals surface area contributed by atoms with Crippen LogP contribution in [0.15, 0.2) is 0 Å². The summed E-state index contributed by atoms with van der Waals surface area (Å²) in [6, 6.07) is 0. The lowest BCUT2D eigenvalue weighted by Gasteiger charge is -2.32. The highest BCUT2D eigenvalue weighted by molar-refractivity contribution is 5.68. The maximum Gasteiger partial charge on any atom is 0.409 e. The molecule has 1 fully saturated rings. The van der Waals surface area contributed by atoms with Gasteiger partial charge < -0.3 is 15.4 Å². The van der Waals surface area contributed by atoms with Gasteiger partial charge in [0.2, 0.25) is 0 Å². The van der Waals surface area contributed by atoms with Gasteiger partial charge in [-0.3, -0.25) is 0 Å². The second kappa shape index (κ2) is 5.95. The molecule has 1 rings (SSSR count). The Labute approximate surface area is 91.8 Å². The molecule has 2 N–H and O–H groups in total. The van der Waals surface area contributed by atoms with E-state index < -0.39 is 0 Å². The number of hydrogen-bond acceptors (Lipinski definition) is 3. The summed E-state index contributed by atoms with van der Waals surface area (Å²) in [5, 5.41) is 0. The van der Waals surface area contributed by atoms with Gasteiger partial charge in [-0.05, 0) is 25.3 Å². The molecule has 1 aliphatic heterocycles. The number of carbonyl (C=O) groups excluding carboxylic acids is 1. The lowest BCUT2D eigenvalue weighted by molar-refractivity contribution is 0.0371. The van der Waals surface area contributed by atoms with Crippen molar-refractivity contribution in [2.24, 2.45) is 17.6 Å². The number of hydrogen-bond donors (Lipinski definition) is 1. The van der Waals surface area contributed by atoms with Gasteiger partial charge in [-0.1, -0.05) is 13.8 Å². The van der Waals surface area contributed by atoms with Crippen molar-refractivity contribution in [2.45, 2.75) is 26.7 Å². The van der Waals surface area contributed by atoms with Crippen LogP contribution in [-0.2, 0) is 4.74 Å². The van der Waals surface area contributed by atoms with E-state index in [9.17, 15) is 4.79 Å². The molecular formula is C11H22N2O2. The number of cyclic esters (lactones) is 1. The van der Waals surface area contributed by atoms with E-state index in [0.717, 1.165) is 25.9 Å². The molecule has 0 bridgehead atoms. The van der Waals surface area contributed by atoms with Crippen molar-refractivity contribution < 1.29 is 9.53 Å². The van der Waals surface area contributed by atoms with Gasteiger partial charge in [0.15, 0.2) is 0 Å². The second-order valence-corrected chi connectivity index (χ2v) is 4.66. The van der Waals surface area contributed by atoms with Gasteiger partial charge >= 0.3 is 6.09 Å². The van der Waals surface area contributed by atoms with Crippen molar-refractivity contribution in [1.29, 1.82) is 0 Å². The van der Waals surface area contributed by atoms with Crippen molar-refractivity contribution >= 4 is 6.09 Å². The zero-order chi connectivity index (χ0) is 11.3. The Hall–Kier alpha value is -0.770. The van der Waals surface area contributed by atoms with Crippen LogP contribution in [0.2, 0.25) is 0 Å². The topological polar surface area (TPSA) is 55.6 Å². The van der Waals surface area contributed by atoms with Crippen LogP contribution < -0.4 is 5.73 Å². The van der Waals surface area contributed by atoms with Gasteiger partial charge in [-0.15, -0.1) is 0 Å². The fraction of sp³-hybridized carbons (Fsp3) is 0.909. The van der Waals surface area contributed by atoms with Gasteiger partial charge in [0.25, 0.3) is 0 Å². The lowest BCUT2D eigenvalue weighted by atomic mass is 9.96. The summed E-state index contributed by atoms with van der Waals surface area (Å²) in [4.78, 5) is 13.2. The first kappa shape index (κ1) is 12.3. The normalized spacial score (nSPS) is 22.0. The van der Waals surface area contributed by atoms with Gasteiger partial charge in [0, 0.05) is 19.0 Å². The van der Waals surface area contributed by atoms with Gasteiger partial charge in [-0.2, -0.15) is 0 Å². The zero-order valence-corrected chi connectivity index (χ0v) is 9.74. The van der Waals surface area contributed by atoms with Gasteiger partial charge in [0.1, 0.15) is 0 Å². The fourth-order valence-corrected chi connectivity index (χ4v) is 1.99. The summed E-state index contributed by atoms with van der Waals surface area (Å²) < 4.78 is 5.15. The van der Waals surface area contributed by atoms with E-state index in [1.807, 2.05) is 0 Å². The second-order valence-electron chi connectivity index (χ2n) is 4.66. The minimum atomic E-state index is -0.177. The van der Waals surface area contributed by atoms with Gasteiger partial charge in [-0.25, -0.2) is 4.79 Å². The number of nitrogens with zero attached hydrogens (tertiary/aromatic N) is 1. The van der Waals surface area contributed by atoms with E-state index in [1.54, 1.807) is 4.90 Å². The van der Waals surface area contributed by atoms with Crippen molar-refractivity contribution in [2.75, 3.05) is 26.2 Å². The molecule has 1 heterocycles. The molecule has 15 heavy (non-hydrogen) atoms. The highest BCUT2D eigenvalue weighted by atomic mass is 16.6. The molecule has 88 valence electrons. The van der Waals surface area contributed by atoms with E-state index in [-0.39, 0.29) is 6.09 Å². The average Bonchev–Trinajstić information content (AvgIpc) is 2.18. The first-order valence-corrected chi connectivity index (χ1v) is 5.75. The molecular weight excluding hydrogens is 192 g/mol. The number of carbonyl (C=O) groups is 1. The number of nitrogens with two attached hydrogens (primary N) is 1. The molecule has 4 heteroatoms. The molecule has 0 spiro atoms. The largest absolute Gasteiger partial charge is 0.449 e. The number of amides is 1. The van der Waals surface area contributed by atoms with E-state index in [1.165, 1.54) is 0 Å². The Kier molecular flexibility index (Phi) is 4.88. The maximum absolute atomic E-state index is 11.4. The highest BCUT2D eigenvalue weighted by Gasteiger charge is 2.26. The van der Waals surface area contributed by atoms with Crippen LogP contribution >= 0.6 is 0 Å². The molecule has 0 saturated carbocycles. The van der Waals surface area contributed by atoms with Crippen LogP contribution in [-0.4, -0.2) is 37.2 Å². The van der Waals surface area contributed by atoms with Crippen molar-refractivity contribution in [3.63, 3.8) is 0 Å². The van der Waals surface area contributed by atoms with Crippen LogP contribution in [0.3, 0.4) is 0 Å². The molecule has 1 amide bonds. The van der Waals surface area contributed by atoms with Crippen LogP contribution in [0.5, 0.6) is 0 Å². The SMILES string of the molecule is CC(C)CC1COC(=O)N(CCCN)C1.